The van der Waals surface area contributed by atoms with Crippen LogP contribution in [0.2, 0.25) is 0 Å². The van der Waals surface area contributed by atoms with Crippen molar-refractivity contribution in [1.82, 2.24) is 10.4 Å². The molecule has 0 spiro atoms. The maximum atomic E-state index is 12.3. The molecule has 0 unspecified atom stereocenters. The Kier molecular flexibility index (Phi) is 8.24. The van der Waals surface area contributed by atoms with Crippen LogP contribution in [0.15, 0.2) is 29.4 Å². The molecule has 0 atom stereocenters. The summed E-state index contributed by atoms with van der Waals surface area (Å²) in [6.07, 6.45) is -4.67. The Bertz CT molecular complexity index is 985. The van der Waals surface area contributed by atoms with E-state index in [4.69, 9.17) is 9.72 Å². The van der Waals surface area contributed by atoms with E-state index < -0.39 is 18.9 Å². The normalized spacial score (nSPS) is 12.1. The van der Waals surface area contributed by atoms with Crippen molar-refractivity contribution in [3.63, 3.8) is 0 Å². The second kappa shape index (κ2) is 10.5. The van der Waals surface area contributed by atoms with Gasteiger partial charge in [0.1, 0.15) is 12.3 Å². The number of alkyl halides is 3. The van der Waals surface area contributed by atoms with E-state index in [2.05, 4.69) is 9.84 Å². The number of hydrazone groups is 1. The van der Waals surface area contributed by atoms with Gasteiger partial charge in [-0.05, 0) is 37.8 Å². The van der Waals surface area contributed by atoms with Gasteiger partial charge in [0.15, 0.2) is 0 Å². The molecule has 2 rings (SSSR count). The van der Waals surface area contributed by atoms with Gasteiger partial charge in [-0.1, -0.05) is 38.1 Å². The number of hydrogen-bond donors (Lipinski definition) is 1. The summed E-state index contributed by atoms with van der Waals surface area (Å²) in [6, 6.07) is 7.29. The van der Waals surface area contributed by atoms with Gasteiger partial charge in [-0.25, -0.2) is 4.79 Å². The molecule has 6 nitrogen and oxygen atoms in total. The third-order valence-electron chi connectivity index (χ3n) is 4.93. The molecule has 174 valence electrons. The SMILES string of the molecule is COC(=O)Oc1c(C)c(C)nc(C(C)C)c1Cc1ccc(/C(C)=N/NCC(F)(F)F)cc1. The Morgan fingerprint density at radius 3 is 2.34 bits per heavy atom. The Hall–Kier alpha value is -3.10. The van der Waals surface area contributed by atoms with Crippen LogP contribution in [0.25, 0.3) is 0 Å². The number of halogens is 3. The van der Waals surface area contributed by atoms with Crippen molar-refractivity contribution in [3.8, 4) is 5.75 Å². The molecule has 0 aliphatic carbocycles. The molecule has 0 aliphatic heterocycles. The molecular formula is C23H28F3N3O3. The van der Waals surface area contributed by atoms with Crippen molar-refractivity contribution >= 4 is 11.9 Å². The summed E-state index contributed by atoms with van der Waals surface area (Å²) in [4.78, 5) is 16.6. The molecule has 1 aromatic heterocycles. The number of methoxy groups -OCH3 is 1. The van der Waals surface area contributed by atoms with E-state index in [0.717, 1.165) is 28.1 Å². The van der Waals surface area contributed by atoms with Gasteiger partial charge >= 0.3 is 12.3 Å². The van der Waals surface area contributed by atoms with Gasteiger partial charge in [0.05, 0.1) is 18.5 Å². The number of ether oxygens (including phenoxy) is 2. The van der Waals surface area contributed by atoms with Crippen molar-refractivity contribution in [2.75, 3.05) is 13.7 Å². The highest BCUT2D eigenvalue weighted by Gasteiger charge is 2.26. The number of rotatable bonds is 7. The molecule has 0 fully saturated rings. The number of carbonyl (C=O) groups is 1. The first-order valence-electron chi connectivity index (χ1n) is 10.1. The molecule has 32 heavy (non-hydrogen) atoms. The van der Waals surface area contributed by atoms with Gasteiger partial charge in [-0.2, -0.15) is 18.3 Å². The van der Waals surface area contributed by atoms with Crippen LogP contribution in [0.3, 0.4) is 0 Å². The minimum absolute atomic E-state index is 0.0951. The van der Waals surface area contributed by atoms with Crippen LogP contribution < -0.4 is 10.2 Å². The van der Waals surface area contributed by atoms with Crippen LogP contribution in [0.4, 0.5) is 18.0 Å². The molecule has 1 aromatic carbocycles. The first kappa shape index (κ1) is 25.2. The van der Waals surface area contributed by atoms with Crippen molar-refractivity contribution in [2.45, 2.75) is 53.1 Å². The Morgan fingerprint density at radius 1 is 1.19 bits per heavy atom. The average Bonchev–Trinajstić information content (AvgIpc) is 2.72. The Morgan fingerprint density at radius 2 is 1.81 bits per heavy atom. The summed E-state index contributed by atoms with van der Waals surface area (Å²) in [7, 11) is 1.25. The smallest absolute Gasteiger partial charge is 0.437 e. The van der Waals surface area contributed by atoms with E-state index in [1.165, 1.54) is 7.11 Å². The van der Waals surface area contributed by atoms with Gasteiger partial charge in [0, 0.05) is 23.2 Å². The molecule has 1 heterocycles. The summed E-state index contributed by atoms with van der Waals surface area (Å²) in [5, 5.41) is 3.77. The zero-order valence-corrected chi connectivity index (χ0v) is 19.1. The van der Waals surface area contributed by atoms with E-state index in [1.54, 1.807) is 19.1 Å². The van der Waals surface area contributed by atoms with Crippen molar-refractivity contribution in [1.29, 1.82) is 0 Å². The molecule has 9 heteroatoms. The van der Waals surface area contributed by atoms with E-state index in [9.17, 15) is 18.0 Å². The number of aryl methyl sites for hydroxylation is 1. The lowest BCUT2D eigenvalue weighted by Gasteiger charge is -2.20. The summed E-state index contributed by atoms with van der Waals surface area (Å²) in [6.45, 7) is 8.16. The predicted molar refractivity (Wildman–Crippen MR) is 116 cm³/mol. The van der Waals surface area contributed by atoms with E-state index in [-0.39, 0.29) is 5.92 Å². The molecule has 0 saturated carbocycles. The van der Waals surface area contributed by atoms with Crippen LogP contribution in [0.5, 0.6) is 5.75 Å². The monoisotopic (exact) mass is 451 g/mol. The van der Waals surface area contributed by atoms with Gasteiger partial charge in [0.25, 0.3) is 0 Å². The standard InChI is InChI=1S/C23H28F3N3O3/c1-13(2)20-19(21(32-22(30)31-6)14(3)15(4)28-20)11-17-7-9-18(10-8-17)16(5)29-27-12-23(24,25)26/h7-10,13,27H,11-12H2,1-6H3/b29-16+. The highest BCUT2D eigenvalue weighted by Crippen LogP contribution is 2.33. The maximum Gasteiger partial charge on any atom is 0.513 e. The topological polar surface area (TPSA) is 72.8 Å². The highest BCUT2D eigenvalue weighted by atomic mass is 19.4. The maximum absolute atomic E-state index is 12.3. The largest absolute Gasteiger partial charge is 0.513 e. The predicted octanol–water partition coefficient (Wildman–Crippen LogP) is 5.43. The van der Waals surface area contributed by atoms with Crippen LogP contribution in [0, 0.1) is 13.8 Å². The van der Waals surface area contributed by atoms with E-state index in [0.29, 0.717) is 23.4 Å². The highest BCUT2D eigenvalue weighted by molar-refractivity contribution is 5.98. The zero-order valence-electron chi connectivity index (χ0n) is 19.1. The molecule has 0 saturated heterocycles. The molecule has 1 N–H and O–H groups in total. The van der Waals surface area contributed by atoms with E-state index in [1.807, 2.05) is 45.3 Å². The first-order chi connectivity index (χ1) is 14.9. The number of pyridine rings is 1. The molecule has 0 bridgehead atoms. The molecule has 0 aliphatic rings. The van der Waals surface area contributed by atoms with Gasteiger partial charge in [-0.3, -0.25) is 4.98 Å². The van der Waals surface area contributed by atoms with Gasteiger partial charge in [-0.15, -0.1) is 0 Å². The van der Waals surface area contributed by atoms with Crippen molar-refractivity contribution in [2.24, 2.45) is 5.10 Å². The molecule has 2 aromatic rings. The second-order valence-electron chi connectivity index (χ2n) is 7.75. The van der Waals surface area contributed by atoms with E-state index >= 15 is 0 Å². The Labute approximate surface area is 185 Å². The van der Waals surface area contributed by atoms with Crippen LogP contribution >= 0.6 is 0 Å². The third kappa shape index (κ3) is 6.70. The van der Waals surface area contributed by atoms with Crippen molar-refractivity contribution in [3.05, 3.63) is 57.9 Å². The summed E-state index contributed by atoms with van der Waals surface area (Å²) in [5.41, 5.74) is 7.22. The minimum atomic E-state index is -4.33. The lowest BCUT2D eigenvalue weighted by molar-refractivity contribution is -0.124. The van der Waals surface area contributed by atoms with Crippen LogP contribution in [-0.2, 0) is 11.2 Å². The second-order valence-corrected chi connectivity index (χ2v) is 7.75. The lowest BCUT2D eigenvalue weighted by atomic mass is 9.94. The summed E-state index contributed by atoms with van der Waals surface area (Å²) in [5.74, 6) is 0.531. The van der Waals surface area contributed by atoms with Crippen LogP contribution in [-0.4, -0.2) is 36.7 Å². The summed E-state index contributed by atoms with van der Waals surface area (Å²) < 4.78 is 47.0. The number of hydrogen-bond acceptors (Lipinski definition) is 6. The minimum Gasteiger partial charge on any atom is -0.437 e. The molecule has 0 radical (unpaired) electrons. The summed E-state index contributed by atoms with van der Waals surface area (Å²) >= 11 is 0. The first-order valence-corrected chi connectivity index (χ1v) is 10.1. The van der Waals surface area contributed by atoms with Gasteiger partial charge < -0.3 is 14.9 Å². The fourth-order valence-corrected chi connectivity index (χ4v) is 3.13. The fraction of sp³-hybridized carbons (Fsp3) is 0.435. The molecular weight excluding hydrogens is 423 g/mol. The third-order valence-corrected chi connectivity index (χ3v) is 4.93. The number of nitrogens with zero attached hydrogens (tertiary/aromatic N) is 2. The fourth-order valence-electron chi connectivity index (χ4n) is 3.13. The van der Waals surface area contributed by atoms with Crippen molar-refractivity contribution < 1.29 is 27.4 Å². The van der Waals surface area contributed by atoms with Crippen LogP contribution in [0.1, 0.15) is 60.3 Å². The number of aromatic nitrogens is 1. The zero-order chi connectivity index (χ0) is 24.1. The lowest BCUT2D eigenvalue weighted by Crippen LogP contribution is -2.25. The quantitative estimate of drug-likeness (QED) is 0.345. The molecule has 0 amide bonds. The number of benzene rings is 1. The average molecular weight is 451 g/mol. The van der Waals surface area contributed by atoms with Gasteiger partial charge in [0.2, 0.25) is 0 Å². The number of nitrogens with one attached hydrogen (secondary N) is 1. The Balaban J connectivity index is 2.34. The number of carbonyl (C=O) groups excluding carboxylic acids is 1.